The standard InChI is InChI=1S/C14H18INO3/c1-8(2)6-12(14(18)19)16-13(17)10-5-4-9(3)11(15)7-10/h4-5,7-8,12H,6H2,1-3H3,(H,16,17)(H,18,19)/t12-/m0/s1. The molecule has 0 aliphatic carbocycles. The van der Waals surface area contributed by atoms with Crippen LogP contribution in [0.2, 0.25) is 0 Å². The molecule has 1 aromatic rings. The van der Waals surface area contributed by atoms with E-state index in [2.05, 4.69) is 27.9 Å². The fourth-order valence-corrected chi connectivity index (χ4v) is 2.18. The van der Waals surface area contributed by atoms with Crippen molar-refractivity contribution in [3.05, 3.63) is 32.9 Å². The van der Waals surface area contributed by atoms with Gasteiger partial charge < -0.3 is 10.4 Å². The van der Waals surface area contributed by atoms with Gasteiger partial charge in [-0.3, -0.25) is 4.79 Å². The maximum Gasteiger partial charge on any atom is 0.326 e. The van der Waals surface area contributed by atoms with Gasteiger partial charge in [-0.05, 0) is 59.5 Å². The first kappa shape index (κ1) is 15.9. The van der Waals surface area contributed by atoms with Gasteiger partial charge in [0.25, 0.3) is 5.91 Å². The van der Waals surface area contributed by atoms with E-state index in [1.807, 2.05) is 26.8 Å². The number of carboxylic acids is 1. The highest BCUT2D eigenvalue weighted by Gasteiger charge is 2.21. The number of amides is 1. The van der Waals surface area contributed by atoms with Gasteiger partial charge in [0.15, 0.2) is 0 Å². The van der Waals surface area contributed by atoms with Crippen molar-refractivity contribution in [1.82, 2.24) is 5.32 Å². The summed E-state index contributed by atoms with van der Waals surface area (Å²) in [6.45, 7) is 5.82. The number of aryl methyl sites for hydroxylation is 1. The first-order valence-corrected chi connectivity index (χ1v) is 7.19. The van der Waals surface area contributed by atoms with Crippen LogP contribution in [0, 0.1) is 16.4 Å². The molecule has 0 fully saturated rings. The Morgan fingerprint density at radius 2 is 2.00 bits per heavy atom. The maximum absolute atomic E-state index is 12.0. The van der Waals surface area contributed by atoms with Crippen LogP contribution in [0.3, 0.4) is 0 Å². The molecule has 4 nitrogen and oxygen atoms in total. The molecule has 0 heterocycles. The van der Waals surface area contributed by atoms with Gasteiger partial charge in [0, 0.05) is 9.13 Å². The van der Waals surface area contributed by atoms with Crippen molar-refractivity contribution >= 4 is 34.5 Å². The predicted octanol–water partition coefficient (Wildman–Crippen LogP) is 2.83. The first-order valence-electron chi connectivity index (χ1n) is 6.11. The Hall–Kier alpha value is -1.11. The number of aliphatic carboxylic acids is 1. The second kappa shape index (κ2) is 6.88. The van der Waals surface area contributed by atoms with E-state index >= 15 is 0 Å². The summed E-state index contributed by atoms with van der Waals surface area (Å²) in [5.41, 5.74) is 1.58. The van der Waals surface area contributed by atoms with Crippen LogP contribution in [0.25, 0.3) is 0 Å². The fraction of sp³-hybridized carbons (Fsp3) is 0.429. The molecule has 2 N–H and O–H groups in total. The summed E-state index contributed by atoms with van der Waals surface area (Å²) in [5, 5.41) is 11.7. The summed E-state index contributed by atoms with van der Waals surface area (Å²) < 4.78 is 0.987. The lowest BCUT2D eigenvalue weighted by Crippen LogP contribution is -2.41. The Morgan fingerprint density at radius 1 is 1.37 bits per heavy atom. The molecule has 0 unspecified atom stereocenters. The number of carbonyl (C=O) groups is 2. The quantitative estimate of drug-likeness (QED) is 0.778. The number of benzene rings is 1. The normalized spacial score (nSPS) is 12.3. The lowest BCUT2D eigenvalue weighted by molar-refractivity contribution is -0.139. The number of rotatable bonds is 5. The zero-order valence-corrected chi connectivity index (χ0v) is 13.4. The van der Waals surface area contributed by atoms with E-state index in [9.17, 15) is 9.59 Å². The summed E-state index contributed by atoms with van der Waals surface area (Å²) >= 11 is 2.15. The summed E-state index contributed by atoms with van der Waals surface area (Å²) in [6, 6.07) is 4.49. The van der Waals surface area contributed by atoms with Crippen molar-refractivity contribution in [2.45, 2.75) is 33.2 Å². The smallest absolute Gasteiger partial charge is 0.326 e. The third-order valence-corrected chi connectivity index (χ3v) is 3.91. The van der Waals surface area contributed by atoms with Gasteiger partial charge in [0.2, 0.25) is 0 Å². The molecule has 1 atom stereocenters. The number of hydrogen-bond donors (Lipinski definition) is 2. The Bertz CT molecular complexity index is 486. The van der Waals surface area contributed by atoms with E-state index < -0.39 is 12.0 Å². The van der Waals surface area contributed by atoms with Crippen LogP contribution in [-0.2, 0) is 4.79 Å². The Kier molecular flexibility index (Phi) is 5.78. The fourth-order valence-electron chi connectivity index (χ4n) is 1.67. The summed E-state index contributed by atoms with van der Waals surface area (Å²) in [7, 11) is 0. The average molecular weight is 375 g/mol. The van der Waals surface area contributed by atoms with Crippen LogP contribution in [-0.4, -0.2) is 23.0 Å². The minimum Gasteiger partial charge on any atom is -0.480 e. The molecule has 0 aliphatic heterocycles. The van der Waals surface area contributed by atoms with Crippen LogP contribution < -0.4 is 5.32 Å². The minimum absolute atomic E-state index is 0.208. The van der Waals surface area contributed by atoms with Crippen LogP contribution in [0.1, 0.15) is 36.2 Å². The van der Waals surface area contributed by atoms with E-state index in [0.29, 0.717) is 12.0 Å². The predicted molar refractivity (Wildman–Crippen MR) is 82.2 cm³/mol. The molecule has 0 radical (unpaired) electrons. The second-order valence-corrected chi connectivity index (χ2v) is 6.12. The van der Waals surface area contributed by atoms with Gasteiger partial charge in [0.1, 0.15) is 6.04 Å². The van der Waals surface area contributed by atoms with E-state index in [1.165, 1.54) is 0 Å². The molecule has 1 amide bonds. The molecule has 0 saturated carbocycles. The number of hydrogen-bond acceptors (Lipinski definition) is 2. The van der Waals surface area contributed by atoms with Gasteiger partial charge in [-0.15, -0.1) is 0 Å². The van der Waals surface area contributed by atoms with Crippen LogP contribution in [0.5, 0.6) is 0 Å². The van der Waals surface area contributed by atoms with Crippen molar-refractivity contribution in [2.75, 3.05) is 0 Å². The monoisotopic (exact) mass is 375 g/mol. The molecule has 104 valence electrons. The molecule has 1 aromatic carbocycles. The number of nitrogens with one attached hydrogen (secondary N) is 1. The van der Waals surface area contributed by atoms with Gasteiger partial charge in [0.05, 0.1) is 0 Å². The van der Waals surface area contributed by atoms with Crippen LogP contribution in [0.4, 0.5) is 0 Å². The number of carbonyl (C=O) groups excluding carboxylic acids is 1. The van der Waals surface area contributed by atoms with Gasteiger partial charge in [-0.25, -0.2) is 4.79 Å². The van der Waals surface area contributed by atoms with Crippen molar-refractivity contribution in [2.24, 2.45) is 5.92 Å². The largest absolute Gasteiger partial charge is 0.480 e. The number of halogens is 1. The van der Waals surface area contributed by atoms with Crippen molar-refractivity contribution in [1.29, 1.82) is 0 Å². The molecular weight excluding hydrogens is 357 g/mol. The average Bonchev–Trinajstić information content (AvgIpc) is 2.31. The zero-order valence-electron chi connectivity index (χ0n) is 11.2. The lowest BCUT2D eigenvalue weighted by atomic mass is 10.0. The van der Waals surface area contributed by atoms with Crippen molar-refractivity contribution in [3.8, 4) is 0 Å². The summed E-state index contributed by atoms with van der Waals surface area (Å²) in [5.74, 6) is -1.13. The number of carboxylic acid groups (broad SMARTS) is 1. The highest BCUT2D eigenvalue weighted by atomic mass is 127. The SMILES string of the molecule is Cc1ccc(C(=O)N[C@@H](CC(C)C)C(=O)O)cc1I. The highest BCUT2D eigenvalue weighted by molar-refractivity contribution is 14.1. The molecule has 0 aromatic heterocycles. The van der Waals surface area contributed by atoms with Gasteiger partial charge in [-0.1, -0.05) is 19.9 Å². The third-order valence-electron chi connectivity index (χ3n) is 2.74. The van der Waals surface area contributed by atoms with Crippen molar-refractivity contribution < 1.29 is 14.7 Å². The topological polar surface area (TPSA) is 66.4 Å². The molecule has 0 saturated heterocycles. The molecule has 19 heavy (non-hydrogen) atoms. The van der Waals surface area contributed by atoms with E-state index in [-0.39, 0.29) is 11.8 Å². The van der Waals surface area contributed by atoms with Crippen LogP contribution in [0.15, 0.2) is 18.2 Å². The second-order valence-electron chi connectivity index (χ2n) is 4.96. The molecule has 1 rings (SSSR count). The van der Waals surface area contributed by atoms with Gasteiger partial charge >= 0.3 is 5.97 Å². The highest BCUT2D eigenvalue weighted by Crippen LogP contribution is 2.14. The van der Waals surface area contributed by atoms with E-state index in [4.69, 9.17) is 5.11 Å². The molecule has 0 spiro atoms. The summed E-state index contributed by atoms with van der Waals surface area (Å²) in [4.78, 5) is 23.1. The third kappa shape index (κ3) is 4.81. The van der Waals surface area contributed by atoms with E-state index in [1.54, 1.807) is 12.1 Å². The first-order chi connectivity index (χ1) is 8.81. The van der Waals surface area contributed by atoms with Crippen LogP contribution >= 0.6 is 22.6 Å². The molecular formula is C14H18INO3. The van der Waals surface area contributed by atoms with E-state index in [0.717, 1.165) is 9.13 Å². The summed E-state index contributed by atoms with van der Waals surface area (Å²) in [6.07, 6.45) is 0.421. The minimum atomic E-state index is -0.996. The van der Waals surface area contributed by atoms with Gasteiger partial charge in [-0.2, -0.15) is 0 Å². The molecule has 5 heteroatoms. The molecule has 0 bridgehead atoms. The Balaban J connectivity index is 2.81. The zero-order chi connectivity index (χ0) is 14.6. The van der Waals surface area contributed by atoms with Crippen molar-refractivity contribution in [3.63, 3.8) is 0 Å². The lowest BCUT2D eigenvalue weighted by Gasteiger charge is -2.16. The Labute approximate surface area is 126 Å². The molecule has 0 aliphatic rings. The maximum atomic E-state index is 12.0. The Morgan fingerprint density at radius 3 is 2.47 bits per heavy atom.